The lowest BCUT2D eigenvalue weighted by Crippen LogP contribution is -2.35. The van der Waals surface area contributed by atoms with E-state index in [0.29, 0.717) is 12.8 Å². The van der Waals surface area contributed by atoms with Crippen molar-refractivity contribution in [3.63, 3.8) is 0 Å². The molecule has 0 aliphatic carbocycles. The molecule has 0 spiro atoms. The number of carboxylic acid groups (broad SMARTS) is 1. The molecule has 7 nitrogen and oxygen atoms in total. The maximum atomic E-state index is 14.0. The number of rotatable bonds is 8. The van der Waals surface area contributed by atoms with Gasteiger partial charge < -0.3 is 14.9 Å². The third-order valence-electron chi connectivity index (χ3n) is 4.68. The van der Waals surface area contributed by atoms with Crippen LogP contribution in [0.4, 0.5) is 9.18 Å². The molecule has 0 aromatic heterocycles. The lowest BCUT2D eigenvalue weighted by atomic mass is 9.78. The number of phenols is 1. The summed E-state index contributed by atoms with van der Waals surface area (Å²) in [6.45, 7) is 3.53. The largest absolute Gasteiger partial charge is 0.505 e. The van der Waals surface area contributed by atoms with Crippen molar-refractivity contribution in [2.75, 3.05) is 0 Å². The zero-order valence-electron chi connectivity index (χ0n) is 17.2. The van der Waals surface area contributed by atoms with Crippen LogP contribution in [0.2, 0.25) is 0 Å². The van der Waals surface area contributed by atoms with E-state index in [2.05, 4.69) is 5.32 Å². The van der Waals surface area contributed by atoms with Gasteiger partial charge in [-0.3, -0.25) is 10.1 Å². The summed E-state index contributed by atoms with van der Waals surface area (Å²) in [5.74, 6) is -3.16. The molecule has 31 heavy (non-hydrogen) atoms. The standard InChI is InChI=1S/C23H24FNO6/c1-23(2,13-7-6-10-19(27)28)20(16-11-12-18(26)17(24)14-16)31-22(30)25-21(29)15-8-4-3-5-9-15/h3-6,8-12,14,20,26H,7,13H2,1-2H3,(H,27,28)(H,25,29,30)/b10-6+/t20-/m1/s1. The second-order valence-electron chi connectivity index (χ2n) is 7.58. The van der Waals surface area contributed by atoms with Gasteiger partial charge in [0.2, 0.25) is 0 Å². The van der Waals surface area contributed by atoms with E-state index < -0.39 is 41.1 Å². The van der Waals surface area contributed by atoms with Crippen LogP contribution in [0.5, 0.6) is 5.75 Å². The predicted molar refractivity (Wildman–Crippen MR) is 111 cm³/mol. The first kappa shape index (κ1) is 23.6. The zero-order valence-corrected chi connectivity index (χ0v) is 17.2. The van der Waals surface area contributed by atoms with Crippen molar-refractivity contribution in [1.82, 2.24) is 5.32 Å². The number of hydrogen-bond acceptors (Lipinski definition) is 5. The lowest BCUT2D eigenvalue weighted by molar-refractivity contribution is -0.131. The van der Waals surface area contributed by atoms with E-state index in [1.165, 1.54) is 24.3 Å². The fraction of sp³-hybridized carbons (Fsp3) is 0.261. The van der Waals surface area contributed by atoms with Crippen LogP contribution in [0.1, 0.15) is 48.7 Å². The van der Waals surface area contributed by atoms with Gasteiger partial charge in [-0.25, -0.2) is 14.0 Å². The third kappa shape index (κ3) is 6.95. The first-order chi connectivity index (χ1) is 14.6. The smallest absolute Gasteiger partial charge is 0.414 e. The Hall–Kier alpha value is -3.68. The SMILES string of the molecule is CC(C)(CC/C=C/C(=O)O)[C@H](OC(=O)NC(=O)c1ccccc1)c1ccc(O)c(F)c1. The van der Waals surface area contributed by atoms with Crippen LogP contribution in [-0.4, -0.2) is 28.2 Å². The number of aromatic hydroxyl groups is 1. The number of amides is 2. The second-order valence-corrected chi connectivity index (χ2v) is 7.58. The van der Waals surface area contributed by atoms with E-state index in [1.54, 1.807) is 32.0 Å². The molecule has 0 heterocycles. The van der Waals surface area contributed by atoms with Crippen LogP contribution < -0.4 is 5.32 Å². The predicted octanol–water partition coefficient (Wildman–Crippen LogP) is 4.59. The molecular formula is C23H24FNO6. The summed E-state index contributed by atoms with van der Waals surface area (Å²) >= 11 is 0. The second kappa shape index (κ2) is 10.4. The number of phenolic OH excluding ortho intramolecular Hbond substituents is 1. The number of carboxylic acids is 1. The van der Waals surface area contributed by atoms with E-state index in [0.717, 1.165) is 18.2 Å². The number of halogens is 1. The molecule has 2 aromatic rings. The zero-order chi connectivity index (χ0) is 23.0. The first-order valence-electron chi connectivity index (χ1n) is 9.55. The summed E-state index contributed by atoms with van der Waals surface area (Å²) in [4.78, 5) is 35.3. The van der Waals surface area contributed by atoms with E-state index in [9.17, 15) is 23.9 Å². The van der Waals surface area contributed by atoms with Crippen molar-refractivity contribution in [3.05, 3.63) is 77.6 Å². The minimum absolute atomic E-state index is 0.268. The molecule has 0 radical (unpaired) electrons. The topological polar surface area (TPSA) is 113 Å². The third-order valence-corrected chi connectivity index (χ3v) is 4.68. The van der Waals surface area contributed by atoms with Gasteiger partial charge in [-0.2, -0.15) is 0 Å². The van der Waals surface area contributed by atoms with Gasteiger partial charge in [0, 0.05) is 17.1 Å². The Morgan fingerprint density at radius 1 is 1.16 bits per heavy atom. The number of allylic oxidation sites excluding steroid dienone is 1. The normalized spacial score (nSPS) is 12.4. The molecule has 0 saturated carbocycles. The number of aliphatic carboxylic acids is 1. The number of carbonyl (C=O) groups excluding carboxylic acids is 2. The van der Waals surface area contributed by atoms with Crippen molar-refractivity contribution in [2.45, 2.75) is 32.8 Å². The molecule has 0 aliphatic rings. The van der Waals surface area contributed by atoms with Gasteiger partial charge >= 0.3 is 12.1 Å². The maximum Gasteiger partial charge on any atom is 0.414 e. The van der Waals surface area contributed by atoms with Crippen LogP contribution in [-0.2, 0) is 9.53 Å². The highest BCUT2D eigenvalue weighted by atomic mass is 19.1. The molecule has 1 atom stereocenters. The molecule has 0 saturated heterocycles. The highest BCUT2D eigenvalue weighted by Gasteiger charge is 2.34. The average Bonchev–Trinajstić information content (AvgIpc) is 2.72. The molecular weight excluding hydrogens is 405 g/mol. The van der Waals surface area contributed by atoms with E-state index in [4.69, 9.17) is 9.84 Å². The van der Waals surface area contributed by atoms with Crippen LogP contribution >= 0.6 is 0 Å². The van der Waals surface area contributed by atoms with Crippen molar-refractivity contribution < 1.29 is 33.7 Å². The number of benzene rings is 2. The van der Waals surface area contributed by atoms with Crippen molar-refractivity contribution in [1.29, 1.82) is 0 Å². The first-order valence-corrected chi connectivity index (χ1v) is 9.55. The summed E-state index contributed by atoms with van der Waals surface area (Å²) in [5.41, 5.74) is -0.214. The maximum absolute atomic E-state index is 14.0. The molecule has 164 valence electrons. The average molecular weight is 429 g/mol. The monoisotopic (exact) mass is 429 g/mol. The quantitative estimate of drug-likeness (QED) is 0.529. The van der Waals surface area contributed by atoms with Gasteiger partial charge in [0.15, 0.2) is 11.6 Å². The molecule has 0 aliphatic heterocycles. The molecule has 2 aromatic carbocycles. The van der Waals surface area contributed by atoms with Crippen LogP contribution in [0, 0.1) is 11.2 Å². The Balaban J connectivity index is 2.22. The molecule has 0 bridgehead atoms. The van der Waals surface area contributed by atoms with Gasteiger partial charge in [-0.15, -0.1) is 0 Å². The molecule has 3 N–H and O–H groups in total. The summed E-state index contributed by atoms with van der Waals surface area (Å²) in [7, 11) is 0. The Labute approximate surface area is 179 Å². The van der Waals surface area contributed by atoms with E-state index in [1.807, 2.05) is 0 Å². The fourth-order valence-corrected chi connectivity index (χ4v) is 3.03. The number of ether oxygens (including phenoxy) is 1. The lowest BCUT2D eigenvalue weighted by Gasteiger charge is -2.34. The number of imide groups is 1. The van der Waals surface area contributed by atoms with E-state index >= 15 is 0 Å². The number of alkyl carbamates (subject to hydrolysis) is 1. The summed E-state index contributed by atoms with van der Waals surface area (Å²) < 4.78 is 19.5. The Kier molecular flexibility index (Phi) is 7.90. The summed E-state index contributed by atoms with van der Waals surface area (Å²) in [5, 5.41) is 20.3. The number of nitrogens with one attached hydrogen (secondary N) is 1. The fourth-order valence-electron chi connectivity index (χ4n) is 3.03. The van der Waals surface area contributed by atoms with Gasteiger partial charge in [-0.1, -0.05) is 44.2 Å². The Morgan fingerprint density at radius 2 is 1.84 bits per heavy atom. The van der Waals surface area contributed by atoms with Crippen molar-refractivity contribution in [2.24, 2.45) is 5.41 Å². The van der Waals surface area contributed by atoms with Gasteiger partial charge in [0.1, 0.15) is 6.10 Å². The van der Waals surface area contributed by atoms with Gasteiger partial charge in [0.25, 0.3) is 5.91 Å². The molecule has 0 unspecified atom stereocenters. The van der Waals surface area contributed by atoms with Gasteiger partial charge in [0.05, 0.1) is 0 Å². The van der Waals surface area contributed by atoms with Crippen molar-refractivity contribution >= 4 is 18.0 Å². The molecule has 0 fully saturated rings. The summed E-state index contributed by atoms with van der Waals surface area (Å²) in [6.07, 6.45) is 1.24. The minimum atomic E-state index is -1.08. The molecule has 2 rings (SSSR count). The Morgan fingerprint density at radius 3 is 2.45 bits per heavy atom. The van der Waals surface area contributed by atoms with Crippen LogP contribution in [0.15, 0.2) is 60.7 Å². The Bertz CT molecular complexity index is 971. The highest BCUT2D eigenvalue weighted by Crippen LogP contribution is 2.41. The minimum Gasteiger partial charge on any atom is -0.505 e. The van der Waals surface area contributed by atoms with Crippen LogP contribution in [0.25, 0.3) is 0 Å². The number of hydrogen-bond donors (Lipinski definition) is 3. The van der Waals surface area contributed by atoms with Crippen LogP contribution in [0.3, 0.4) is 0 Å². The molecule has 2 amide bonds. The number of carbonyl (C=O) groups is 3. The van der Waals surface area contributed by atoms with E-state index in [-0.39, 0.29) is 11.1 Å². The summed E-state index contributed by atoms with van der Waals surface area (Å²) in [6, 6.07) is 11.7. The highest BCUT2D eigenvalue weighted by molar-refractivity contribution is 6.02. The van der Waals surface area contributed by atoms with Crippen molar-refractivity contribution in [3.8, 4) is 5.75 Å². The van der Waals surface area contributed by atoms with Gasteiger partial charge in [-0.05, 0) is 42.7 Å². The molecule has 8 heteroatoms.